The van der Waals surface area contributed by atoms with E-state index in [1.807, 2.05) is 6.92 Å². The first-order valence-corrected chi connectivity index (χ1v) is 51.8. The summed E-state index contributed by atoms with van der Waals surface area (Å²) in [5.74, 6) is -3.26. The second-order valence-electron chi connectivity index (χ2n) is 37.8. The number of amides is 9. The van der Waals surface area contributed by atoms with Gasteiger partial charge in [0.1, 0.15) is 153 Å². The van der Waals surface area contributed by atoms with Crippen molar-refractivity contribution >= 4 is 53.2 Å². The summed E-state index contributed by atoms with van der Waals surface area (Å²) in [6.07, 6.45) is -29.4. The molecule has 0 spiro atoms. The van der Waals surface area contributed by atoms with Crippen LogP contribution < -0.4 is 47.9 Å². The Morgan fingerprint density at radius 2 is 0.531 bits per heavy atom. The maximum atomic E-state index is 13.6. The lowest BCUT2D eigenvalue weighted by Crippen LogP contribution is -2.65. The molecule has 6 aliphatic heterocycles. The first kappa shape index (κ1) is 128. The van der Waals surface area contributed by atoms with E-state index in [2.05, 4.69) is 54.8 Å². The van der Waals surface area contributed by atoms with Crippen molar-refractivity contribution in [1.29, 1.82) is 0 Å². The minimum absolute atomic E-state index is 0.00300. The second-order valence-corrected chi connectivity index (χ2v) is 37.8. The van der Waals surface area contributed by atoms with Crippen LogP contribution in [0.15, 0.2) is 0 Å². The van der Waals surface area contributed by atoms with Gasteiger partial charge in [0.2, 0.25) is 53.2 Å². The monoisotopic (exact) mass is 2100 g/mol. The van der Waals surface area contributed by atoms with E-state index < -0.39 is 279 Å². The zero-order valence-corrected chi connectivity index (χ0v) is 83.6. The van der Waals surface area contributed by atoms with Crippen LogP contribution in [0, 0.1) is 0 Å². The van der Waals surface area contributed by atoms with E-state index in [0.717, 1.165) is 19.3 Å². The highest BCUT2D eigenvalue weighted by molar-refractivity contribution is 5.88. The summed E-state index contributed by atoms with van der Waals surface area (Å²) in [5.41, 5.74) is 0. The minimum Gasteiger partial charge on any atom is -0.394 e. The fourth-order valence-corrected chi connectivity index (χ4v) is 17.3. The summed E-state index contributed by atoms with van der Waals surface area (Å²) in [6.45, 7) is -1.22. The molecule has 0 aliphatic carbocycles. The minimum atomic E-state index is -1.99. The van der Waals surface area contributed by atoms with E-state index in [4.69, 9.17) is 56.8 Å². The highest BCUT2D eigenvalue weighted by Gasteiger charge is 2.55. The predicted octanol–water partition coefficient (Wildman–Crippen LogP) is -8.45. The van der Waals surface area contributed by atoms with Crippen LogP contribution in [0.25, 0.3) is 0 Å². The smallest absolute Gasteiger partial charge is 0.242 e. The van der Waals surface area contributed by atoms with E-state index in [-0.39, 0.29) is 88.8 Å². The first-order valence-electron chi connectivity index (χ1n) is 51.8. The van der Waals surface area contributed by atoms with Gasteiger partial charge in [-0.2, -0.15) is 0 Å². The van der Waals surface area contributed by atoms with Crippen LogP contribution in [0.5, 0.6) is 0 Å². The molecule has 0 radical (unpaired) electrons. The topological polar surface area (TPSA) is 781 Å². The van der Waals surface area contributed by atoms with E-state index in [0.29, 0.717) is 129 Å². The van der Waals surface area contributed by atoms with Gasteiger partial charge in [0.15, 0.2) is 37.7 Å². The highest BCUT2D eigenvalue weighted by Crippen LogP contribution is 2.35. The number of carbonyl (C=O) groups excluding carboxylic acids is 9. The zero-order valence-electron chi connectivity index (χ0n) is 83.6. The maximum absolute atomic E-state index is 13.6. The molecule has 0 bridgehead atoms. The number of nitrogens with one attached hydrogen (secondary N) is 9. The van der Waals surface area contributed by atoms with E-state index in [9.17, 15) is 145 Å². The van der Waals surface area contributed by atoms with Crippen LogP contribution in [-0.4, -0.2) is 475 Å². The number of nitrogens with zero attached hydrogens (tertiary/aromatic N) is 1. The Balaban J connectivity index is 0.970. The average Bonchev–Trinajstić information content (AvgIpc) is 0.783. The van der Waals surface area contributed by atoms with Crippen LogP contribution in [0.1, 0.15) is 226 Å². The number of hydrogen-bond acceptors (Lipinski definition) is 42. The van der Waals surface area contributed by atoms with Gasteiger partial charge in [-0.05, 0) is 84.0 Å². The molecule has 6 saturated heterocycles. The van der Waals surface area contributed by atoms with Gasteiger partial charge < -0.3 is 207 Å². The average molecular weight is 2100 g/mol. The molecule has 145 heavy (non-hydrogen) atoms. The largest absolute Gasteiger partial charge is 0.394 e. The zero-order chi connectivity index (χ0) is 106. The molecule has 6 rings (SSSR count). The van der Waals surface area contributed by atoms with Crippen molar-refractivity contribution in [2.75, 3.05) is 125 Å². The van der Waals surface area contributed by atoms with Crippen LogP contribution in [0.3, 0.4) is 0 Å². The molecule has 31 atom stereocenters. The number of carbonyl (C=O) groups is 9. The van der Waals surface area contributed by atoms with E-state index in [1.165, 1.54) is 69.1 Å². The summed E-state index contributed by atoms with van der Waals surface area (Å²) >= 11 is 0. The highest BCUT2D eigenvalue weighted by atomic mass is 16.8. The quantitative estimate of drug-likeness (QED) is 0.0252. The van der Waals surface area contributed by atoms with Crippen LogP contribution in [0.4, 0.5) is 0 Å². The van der Waals surface area contributed by atoms with Gasteiger partial charge in [0.05, 0.1) is 72.5 Å². The molecule has 0 aromatic carbocycles. The molecule has 0 saturated carbocycles. The van der Waals surface area contributed by atoms with Crippen molar-refractivity contribution in [3.05, 3.63) is 0 Å². The predicted molar refractivity (Wildman–Crippen MR) is 506 cm³/mol. The van der Waals surface area contributed by atoms with Crippen LogP contribution in [-0.2, 0) is 100.0 Å². The third-order valence-electron chi connectivity index (χ3n) is 26.0. The van der Waals surface area contributed by atoms with Gasteiger partial charge in [-0.15, -0.1) is 0 Å². The summed E-state index contributed by atoms with van der Waals surface area (Å²) in [5, 5.41) is 235. The summed E-state index contributed by atoms with van der Waals surface area (Å²) < 4.78 is 67.5. The van der Waals surface area contributed by atoms with Crippen molar-refractivity contribution in [3.8, 4) is 0 Å². The van der Waals surface area contributed by atoms with Gasteiger partial charge >= 0.3 is 0 Å². The van der Waals surface area contributed by atoms with Crippen molar-refractivity contribution in [3.63, 3.8) is 0 Å². The van der Waals surface area contributed by atoms with Gasteiger partial charge in [-0.1, -0.05) is 110 Å². The number of aliphatic hydroxyl groups excluding tert-OH is 20. The Morgan fingerprint density at radius 1 is 0.262 bits per heavy atom. The Labute approximate surface area is 845 Å². The number of ether oxygens (including phenoxy) is 12. The molecule has 0 aromatic rings. The SMILES string of the molecule is CCCCCCCCCCCCCCCC(=O)NCCCCC(NC(=O)CCCCCNC(=O)CN(CC(=O)NCCCCCC(=O)NCCO[C@H]1O[C@H](CO[C@H]2O[C@H](CO)[C@@H](O)[C@H](O)[C@@H]2O)[C@@H](O)[C@H](O[C@H]2O[C@H](CO)[C@@H](O)[C@H](O)[C@@H]2O)[C@@H]1O)CC(=O)NCCCCCC(=O)NCCO[C@H]1O[C@H](CO[C@H]2O[C@H](CO)[C@@H](O)[C@H](O)[C@@H]2O)[C@@H](O)[C@H](O[C@H]2O[C@H](CO)[C@@H](O)[C@H](O)[C@@H]2O)[C@@H]1O)C(=O)NCCCCCC(=O)NCC. The summed E-state index contributed by atoms with van der Waals surface area (Å²) in [7, 11) is 0. The molecule has 6 aliphatic rings. The Hall–Kier alpha value is -6.09. The number of hydrogen-bond donors (Lipinski definition) is 29. The molecule has 1 unspecified atom stereocenters. The Kier molecular flexibility index (Phi) is 63.1. The molecule has 842 valence electrons. The Bertz CT molecular complexity index is 3450. The Morgan fingerprint density at radius 3 is 0.869 bits per heavy atom. The lowest BCUT2D eigenvalue weighted by Gasteiger charge is -2.46. The third kappa shape index (κ3) is 45.8. The standard InChI is InChI=1S/C94H170N10O41/c1-3-5-6-7-8-9-10-11-12-13-14-15-20-33-63(110)96-40-30-25-31-55(88(133)102-41-29-18-21-32-62(109)95-4-2)103-66(113)36-24-19-28-39-99-69(116)48-104(46-67(114)97-37-26-16-22-34-64(111)100-42-44-134-91-84(131)86(144-93-82(129)78(125)72(119)58(51-107)140-93)74(121)60(142-91)53-136-89-80(127)76(123)70(117)56(49-105)138-89)47-68(115)98-38-27-17-23-35-65(112)101-43-45-135-92-85(132)87(145-94-83(130)79(126)73(120)59(52-108)141-94)75(122)61(143-92)54-137-90-81(128)77(124)71(118)57(50-106)139-90/h55-61,70-87,89-94,105-108,117-132H,3-54H2,1-2H3,(H,95,109)(H,96,110)(H,97,114)(H,98,115)(H,99,116)(H,100,111)(H,101,112)(H,102,133)(H,103,113)/t55?,56-,57-,58-,59-,60-,61-,70-,71-,72-,73-,74-,75-,76+,77+,78+,79+,80+,81+,82+,83+,84+,85+,86+,87+,89+,90+,91+,92+,93-,94-/m1/s1. The van der Waals surface area contributed by atoms with E-state index in [1.54, 1.807) is 0 Å². The lowest BCUT2D eigenvalue weighted by molar-refractivity contribution is -0.366. The summed E-state index contributed by atoms with van der Waals surface area (Å²) in [4.78, 5) is 120. The molecule has 51 heteroatoms. The fraction of sp³-hybridized carbons (Fsp3) is 0.904. The molecular formula is C94H170N10O41. The summed E-state index contributed by atoms with van der Waals surface area (Å²) in [6, 6.07) is -0.840. The van der Waals surface area contributed by atoms with Gasteiger partial charge in [-0.25, -0.2) is 0 Å². The number of rotatable bonds is 74. The number of aliphatic hydroxyl groups is 20. The van der Waals surface area contributed by atoms with E-state index >= 15 is 0 Å². The second kappa shape index (κ2) is 71.7. The van der Waals surface area contributed by atoms with Crippen LogP contribution in [0.2, 0.25) is 0 Å². The van der Waals surface area contributed by atoms with Crippen LogP contribution >= 0.6 is 0 Å². The fourth-order valence-electron chi connectivity index (χ4n) is 17.3. The normalized spacial score (nSPS) is 30.9. The molecule has 51 nitrogen and oxygen atoms in total. The van der Waals surface area contributed by atoms with Gasteiger partial charge in [0.25, 0.3) is 0 Å². The number of unbranched alkanes of at least 4 members (excludes halogenated alkanes) is 21. The molecule has 9 amide bonds. The van der Waals surface area contributed by atoms with Gasteiger partial charge in [-0.3, -0.25) is 48.1 Å². The molecule has 29 N–H and O–H groups in total. The van der Waals surface area contributed by atoms with Crippen molar-refractivity contribution in [1.82, 2.24) is 52.8 Å². The lowest BCUT2D eigenvalue weighted by atomic mass is 9.96. The van der Waals surface area contributed by atoms with Crippen molar-refractivity contribution in [2.45, 2.75) is 416 Å². The molecule has 6 heterocycles. The first-order chi connectivity index (χ1) is 69.6. The van der Waals surface area contributed by atoms with Gasteiger partial charge in [0, 0.05) is 84.5 Å². The maximum Gasteiger partial charge on any atom is 0.242 e. The molecular weight excluding hydrogens is 1930 g/mol. The van der Waals surface area contributed by atoms with Crippen molar-refractivity contribution in [2.24, 2.45) is 0 Å². The molecule has 0 aromatic heterocycles. The van der Waals surface area contributed by atoms with Crippen molar-refractivity contribution < 1.29 is 202 Å². The molecule has 6 fully saturated rings. The third-order valence-corrected chi connectivity index (χ3v) is 26.0.